The summed E-state index contributed by atoms with van der Waals surface area (Å²) < 4.78 is 5.37. The van der Waals surface area contributed by atoms with Gasteiger partial charge in [-0.25, -0.2) is 0 Å². The molecule has 1 aliphatic heterocycles. The Bertz CT molecular complexity index is 595. The summed E-state index contributed by atoms with van der Waals surface area (Å²) in [5.74, 6) is 1.36. The van der Waals surface area contributed by atoms with Crippen LogP contribution in [0.2, 0.25) is 5.02 Å². The highest BCUT2D eigenvalue weighted by Gasteiger charge is 2.22. The van der Waals surface area contributed by atoms with Crippen molar-refractivity contribution in [3.63, 3.8) is 0 Å². The van der Waals surface area contributed by atoms with Crippen molar-refractivity contribution in [2.45, 2.75) is 19.4 Å². The smallest absolute Gasteiger partial charge is 0.231 e. The summed E-state index contributed by atoms with van der Waals surface area (Å²) in [6, 6.07) is 7.90. The lowest BCUT2D eigenvalue weighted by molar-refractivity contribution is 0.176. The van der Waals surface area contributed by atoms with Gasteiger partial charge in [0.2, 0.25) is 5.89 Å². The third-order valence-electron chi connectivity index (χ3n) is 3.86. The Morgan fingerprint density at radius 2 is 2.10 bits per heavy atom. The number of aromatic nitrogens is 2. The Morgan fingerprint density at radius 1 is 1.33 bits per heavy atom. The summed E-state index contributed by atoms with van der Waals surface area (Å²) in [5.41, 5.74) is 1.00. The zero-order valence-corrected chi connectivity index (χ0v) is 12.8. The first-order valence-electron chi connectivity index (χ1n) is 7.24. The molecule has 1 unspecified atom stereocenters. The van der Waals surface area contributed by atoms with Gasteiger partial charge in [-0.05, 0) is 18.6 Å². The van der Waals surface area contributed by atoms with Crippen LogP contribution in [0, 0.1) is 0 Å². The molecule has 0 amide bonds. The van der Waals surface area contributed by atoms with Crippen molar-refractivity contribution in [2.75, 3.05) is 26.2 Å². The lowest BCUT2D eigenvalue weighted by Gasteiger charge is -2.30. The monoisotopic (exact) mass is 306 g/mol. The van der Waals surface area contributed by atoms with Gasteiger partial charge in [0.25, 0.3) is 0 Å². The van der Waals surface area contributed by atoms with E-state index in [0.717, 1.165) is 42.6 Å². The molecule has 1 fully saturated rings. The van der Waals surface area contributed by atoms with Crippen LogP contribution in [0.25, 0.3) is 0 Å². The highest BCUT2D eigenvalue weighted by atomic mass is 35.5. The van der Waals surface area contributed by atoms with Crippen LogP contribution in [0.5, 0.6) is 0 Å². The van der Waals surface area contributed by atoms with E-state index in [1.165, 1.54) is 0 Å². The Labute approximate surface area is 129 Å². The quantitative estimate of drug-likeness (QED) is 0.939. The van der Waals surface area contributed by atoms with Crippen LogP contribution in [0.15, 0.2) is 28.8 Å². The molecule has 1 N–H and O–H groups in total. The lowest BCUT2D eigenvalue weighted by atomic mass is 10.1. The Balaban J connectivity index is 1.69. The highest BCUT2D eigenvalue weighted by molar-refractivity contribution is 6.31. The molecule has 1 aliphatic rings. The van der Waals surface area contributed by atoms with E-state index >= 15 is 0 Å². The van der Waals surface area contributed by atoms with Gasteiger partial charge in [-0.3, -0.25) is 4.90 Å². The molecule has 1 aromatic heterocycles. The fraction of sp³-hybridized carbons (Fsp3) is 0.467. The molecule has 0 radical (unpaired) electrons. The zero-order chi connectivity index (χ0) is 14.7. The van der Waals surface area contributed by atoms with Crippen molar-refractivity contribution in [2.24, 2.45) is 0 Å². The van der Waals surface area contributed by atoms with Crippen molar-refractivity contribution in [3.8, 4) is 0 Å². The topological polar surface area (TPSA) is 54.2 Å². The van der Waals surface area contributed by atoms with Crippen molar-refractivity contribution < 1.29 is 4.52 Å². The predicted molar refractivity (Wildman–Crippen MR) is 81.4 cm³/mol. The molecule has 2 heterocycles. The predicted octanol–water partition coefficient (Wildman–Crippen LogP) is 2.28. The minimum absolute atomic E-state index is 0.177. The zero-order valence-electron chi connectivity index (χ0n) is 12.1. The SMILES string of the molecule is CC(c1noc(Cc2ccccc2Cl)n1)N1CCNCC1. The largest absolute Gasteiger partial charge is 0.339 e. The summed E-state index contributed by atoms with van der Waals surface area (Å²) in [5, 5.41) is 8.20. The third kappa shape index (κ3) is 3.43. The van der Waals surface area contributed by atoms with Crippen LogP contribution in [-0.4, -0.2) is 41.2 Å². The fourth-order valence-corrected chi connectivity index (χ4v) is 2.75. The van der Waals surface area contributed by atoms with E-state index in [-0.39, 0.29) is 6.04 Å². The van der Waals surface area contributed by atoms with E-state index in [4.69, 9.17) is 16.1 Å². The van der Waals surface area contributed by atoms with E-state index in [2.05, 4.69) is 27.3 Å². The molecule has 5 nitrogen and oxygen atoms in total. The van der Waals surface area contributed by atoms with Crippen molar-refractivity contribution in [1.82, 2.24) is 20.4 Å². The molecule has 1 atom stereocenters. The van der Waals surface area contributed by atoms with E-state index in [1.807, 2.05) is 24.3 Å². The van der Waals surface area contributed by atoms with Crippen molar-refractivity contribution >= 4 is 11.6 Å². The standard InChI is InChI=1S/C15H19ClN4O/c1-11(20-8-6-17-7-9-20)15-18-14(21-19-15)10-12-4-2-3-5-13(12)16/h2-5,11,17H,6-10H2,1H3. The van der Waals surface area contributed by atoms with Gasteiger partial charge < -0.3 is 9.84 Å². The number of hydrogen-bond donors (Lipinski definition) is 1. The molecule has 0 saturated carbocycles. The molecule has 2 aromatic rings. The van der Waals surface area contributed by atoms with Crippen LogP contribution < -0.4 is 5.32 Å². The number of benzene rings is 1. The molecule has 1 saturated heterocycles. The molecule has 0 aliphatic carbocycles. The molecule has 3 rings (SSSR count). The van der Waals surface area contributed by atoms with Gasteiger partial charge in [-0.1, -0.05) is 35.0 Å². The minimum atomic E-state index is 0.177. The number of rotatable bonds is 4. The molecule has 112 valence electrons. The van der Waals surface area contributed by atoms with Gasteiger partial charge in [0.05, 0.1) is 12.5 Å². The van der Waals surface area contributed by atoms with Gasteiger partial charge >= 0.3 is 0 Å². The Hall–Kier alpha value is -1.43. The van der Waals surface area contributed by atoms with Crippen LogP contribution in [0.4, 0.5) is 0 Å². The summed E-state index contributed by atoms with van der Waals surface area (Å²) in [6.45, 7) is 6.16. The van der Waals surface area contributed by atoms with E-state index in [1.54, 1.807) is 0 Å². The number of hydrogen-bond acceptors (Lipinski definition) is 5. The molecule has 0 bridgehead atoms. The summed E-state index contributed by atoms with van der Waals surface area (Å²) >= 11 is 6.16. The first-order valence-corrected chi connectivity index (χ1v) is 7.62. The fourth-order valence-electron chi connectivity index (χ4n) is 2.55. The second kappa shape index (κ2) is 6.56. The van der Waals surface area contributed by atoms with Gasteiger partial charge in [0.1, 0.15) is 0 Å². The minimum Gasteiger partial charge on any atom is -0.339 e. The molecule has 21 heavy (non-hydrogen) atoms. The molecule has 0 spiro atoms. The van der Waals surface area contributed by atoms with E-state index in [9.17, 15) is 0 Å². The Kier molecular flexibility index (Phi) is 4.53. The number of nitrogens with zero attached hydrogens (tertiary/aromatic N) is 3. The number of halogens is 1. The first-order chi connectivity index (χ1) is 10.2. The van der Waals surface area contributed by atoms with E-state index < -0.39 is 0 Å². The van der Waals surface area contributed by atoms with Gasteiger partial charge in [-0.15, -0.1) is 0 Å². The summed E-state index contributed by atoms with van der Waals surface area (Å²) in [4.78, 5) is 6.89. The summed E-state index contributed by atoms with van der Waals surface area (Å²) in [7, 11) is 0. The first kappa shape index (κ1) is 14.5. The van der Waals surface area contributed by atoms with Gasteiger partial charge in [-0.2, -0.15) is 4.98 Å². The average molecular weight is 307 g/mol. The Morgan fingerprint density at radius 3 is 2.86 bits per heavy atom. The van der Waals surface area contributed by atoms with Gasteiger partial charge in [0, 0.05) is 31.2 Å². The third-order valence-corrected chi connectivity index (χ3v) is 4.23. The van der Waals surface area contributed by atoms with E-state index in [0.29, 0.717) is 12.3 Å². The second-order valence-corrected chi connectivity index (χ2v) is 5.68. The maximum absolute atomic E-state index is 6.16. The van der Waals surface area contributed by atoms with Crippen LogP contribution in [0.3, 0.4) is 0 Å². The highest BCUT2D eigenvalue weighted by Crippen LogP contribution is 2.21. The van der Waals surface area contributed by atoms with Crippen LogP contribution in [0.1, 0.15) is 30.2 Å². The molecule has 1 aromatic carbocycles. The maximum atomic E-state index is 6.16. The van der Waals surface area contributed by atoms with Gasteiger partial charge in [0.15, 0.2) is 5.82 Å². The number of nitrogens with one attached hydrogen (secondary N) is 1. The molecule has 6 heteroatoms. The normalized spacial score (nSPS) is 17.8. The van der Waals surface area contributed by atoms with Crippen LogP contribution in [-0.2, 0) is 6.42 Å². The lowest BCUT2D eigenvalue weighted by Crippen LogP contribution is -2.44. The van der Waals surface area contributed by atoms with Crippen molar-refractivity contribution in [1.29, 1.82) is 0 Å². The summed E-state index contributed by atoms with van der Waals surface area (Å²) in [6.07, 6.45) is 0.570. The molecular formula is C15H19ClN4O. The second-order valence-electron chi connectivity index (χ2n) is 5.28. The van der Waals surface area contributed by atoms with Crippen molar-refractivity contribution in [3.05, 3.63) is 46.6 Å². The number of piperazine rings is 1. The maximum Gasteiger partial charge on any atom is 0.231 e. The van der Waals surface area contributed by atoms with Crippen LogP contribution >= 0.6 is 11.6 Å². The average Bonchev–Trinajstić information content (AvgIpc) is 2.98. The molecular weight excluding hydrogens is 288 g/mol.